The molecule has 1 atom stereocenters. The number of nitro benzene ring substituents is 1. The van der Waals surface area contributed by atoms with Gasteiger partial charge in [-0.1, -0.05) is 0 Å². The molecule has 0 aliphatic carbocycles. The number of rotatable bonds is 3. The quantitative estimate of drug-likeness (QED) is 0.588. The summed E-state index contributed by atoms with van der Waals surface area (Å²) >= 11 is 0. The molecular weight excluding hydrogens is 184 g/mol. The molecule has 14 heavy (non-hydrogen) atoms. The van der Waals surface area contributed by atoms with Gasteiger partial charge in [0.25, 0.3) is 5.69 Å². The third-order valence-corrected chi connectivity index (χ3v) is 1.92. The Kier molecular flexibility index (Phi) is 3.03. The van der Waals surface area contributed by atoms with Gasteiger partial charge in [-0.3, -0.25) is 10.1 Å². The van der Waals surface area contributed by atoms with Gasteiger partial charge >= 0.3 is 0 Å². The van der Waals surface area contributed by atoms with Crippen molar-refractivity contribution in [1.29, 1.82) is 0 Å². The number of nitrogens with zero attached hydrogens (tertiary/aromatic N) is 1. The molecule has 0 aromatic heterocycles. The zero-order valence-corrected chi connectivity index (χ0v) is 8.06. The molecule has 1 rings (SSSR count). The number of hydrogen-bond donors (Lipinski definition) is 1. The Hall–Kier alpha value is -1.62. The van der Waals surface area contributed by atoms with E-state index in [1.165, 1.54) is 13.2 Å². The van der Waals surface area contributed by atoms with Crippen LogP contribution in [0.3, 0.4) is 0 Å². The Bertz CT molecular complexity index is 350. The van der Waals surface area contributed by atoms with Crippen LogP contribution in [0.25, 0.3) is 0 Å². The van der Waals surface area contributed by atoms with Crippen LogP contribution in [0, 0.1) is 10.1 Å². The molecule has 2 N–H and O–H groups in total. The number of nitro groups is 1. The molecule has 5 heteroatoms. The predicted octanol–water partition coefficient (Wildman–Crippen LogP) is 1.62. The van der Waals surface area contributed by atoms with Gasteiger partial charge in [0.1, 0.15) is 5.75 Å². The fourth-order valence-corrected chi connectivity index (χ4v) is 1.19. The zero-order valence-electron chi connectivity index (χ0n) is 8.06. The van der Waals surface area contributed by atoms with Gasteiger partial charge in [0, 0.05) is 11.6 Å². The first-order valence-corrected chi connectivity index (χ1v) is 4.14. The molecule has 5 nitrogen and oxygen atoms in total. The van der Waals surface area contributed by atoms with Crippen molar-refractivity contribution < 1.29 is 9.66 Å². The first-order chi connectivity index (χ1) is 6.56. The molecule has 0 spiro atoms. The molecule has 0 fully saturated rings. The Morgan fingerprint density at radius 2 is 2.21 bits per heavy atom. The summed E-state index contributed by atoms with van der Waals surface area (Å²) in [6, 6.07) is 4.28. The molecule has 1 aromatic rings. The molecule has 76 valence electrons. The fraction of sp³-hybridized carbons (Fsp3) is 0.333. The Morgan fingerprint density at radius 3 is 2.64 bits per heavy atom. The summed E-state index contributed by atoms with van der Waals surface area (Å²) in [7, 11) is 1.46. The number of benzene rings is 1. The predicted molar refractivity (Wildman–Crippen MR) is 52.3 cm³/mol. The molecule has 1 aromatic carbocycles. The van der Waals surface area contributed by atoms with Crippen LogP contribution in [0.5, 0.6) is 5.75 Å². The molecule has 0 heterocycles. The lowest BCUT2D eigenvalue weighted by Gasteiger charge is -2.07. The maximum absolute atomic E-state index is 10.7. The molecule has 0 amide bonds. The van der Waals surface area contributed by atoms with Crippen molar-refractivity contribution in [3.63, 3.8) is 0 Å². The van der Waals surface area contributed by atoms with Crippen molar-refractivity contribution in [2.45, 2.75) is 13.0 Å². The highest BCUT2D eigenvalue weighted by Crippen LogP contribution is 2.27. The largest absolute Gasteiger partial charge is 0.497 e. The SMILES string of the molecule is COc1ccc([C@H](C)N)c([N+](=O)[O-])c1. The number of methoxy groups -OCH3 is 1. The minimum absolute atomic E-state index is 0.000602. The molecule has 0 aliphatic heterocycles. The van der Waals surface area contributed by atoms with E-state index >= 15 is 0 Å². The third kappa shape index (κ3) is 2.00. The van der Waals surface area contributed by atoms with E-state index < -0.39 is 4.92 Å². The van der Waals surface area contributed by atoms with E-state index in [0.29, 0.717) is 11.3 Å². The monoisotopic (exact) mass is 196 g/mol. The van der Waals surface area contributed by atoms with Crippen LogP contribution in [-0.4, -0.2) is 12.0 Å². The van der Waals surface area contributed by atoms with Crippen molar-refractivity contribution in [3.05, 3.63) is 33.9 Å². The summed E-state index contributed by atoms with van der Waals surface area (Å²) in [6.45, 7) is 1.70. The van der Waals surface area contributed by atoms with Crippen LogP contribution < -0.4 is 10.5 Å². The van der Waals surface area contributed by atoms with Crippen LogP contribution in [0.15, 0.2) is 18.2 Å². The number of nitrogens with two attached hydrogens (primary N) is 1. The van der Waals surface area contributed by atoms with Gasteiger partial charge < -0.3 is 10.5 Å². The van der Waals surface area contributed by atoms with Crippen molar-refractivity contribution in [1.82, 2.24) is 0 Å². The van der Waals surface area contributed by atoms with E-state index in [-0.39, 0.29) is 11.7 Å². The first-order valence-electron chi connectivity index (χ1n) is 4.14. The van der Waals surface area contributed by atoms with Gasteiger partial charge in [-0.25, -0.2) is 0 Å². The van der Waals surface area contributed by atoms with Crippen molar-refractivity contribution >= 4 is 5.69 Å². The van der Waals surface area contributed by atoms with Crippen LogP contribution in [0.1, 0.15) is 18.5 Å². The highest BCUT2D eigenvalue weighted by molar-refractivity contribution is 5.47. The Balaban J connectivity index is 3.24. The molecule has 0 saturated heterocycles. The highest BCUT2D eigenvalue weighted by Gasteiger charge is 2.17. The van der Waals surface area contributed by atoms with Crippen molar-refractivity contribution in [2.75, 3.05) is 7.11 Å². The zero-order chi connectivity index (χ0) is 10.7. The second-order valence-electron chi connectivity index (χ2n) is 2.97. The standard InChI is InChI=1S/C9H12N2O3/c1-6(10)8-4-3-7(14-2)5-9(8)11(12)13/h3-6H,10H2,1-2H3/t6-/m0/s1. The summed E-state index contributed by atoms with van der Waals surface area (Å²) in [5.41, 5.74) is 6.11. The van der Waals surface area contributed by atoms with Gasteiger partial charge in [-0.15, -0.1) is 0 Å². The summed E-state index contributed by atoms with van der Waals surface area (Å²) in [5.74, 6) is 0.459. The minimum Gasteiger partial charge on any atom is -0.497 e. The van der Waals surface area contributed by atoms with Gasteiger partial charge in [-0.2, -0.15) is 0 Å². The van der Waals surface area contributed by atoms with E-state index in [1.54, 1.807) is 19.1 Å². The normalized spacial score (nSPS) is 12.2. The van der Waals surface area contributed by atoms with Crippen LogP contribution in [-0.2, 0) is 0 Å². The van der Waals surface area contributed by atoms with E-state index in [1.807, 2.05) is 0 Å². The smallest absolute Gasteiger partial charge is 0.277 e. The number of ether oxygens (including phenoxy) is 1. The average Bonchev–Trinajstić information content (AvgIpc) is 2.16. The van der Waals surface area contributed by atoms with Gasteiger partial charge in [-0.05, 0) is 19.1 Å². The summed E-state index contributed by atoms with van der Waals surface area (Å²) in [6.07, 6.45) is 0. The molecular formula is C9H12N2O3. The van der Waals surface area contributed by atoms with Crippen LogP contribution >= 0.6 is 0 Å². The second-order valence-corrected chi connectivity index (χ2v) is 2.97. The minimum atomic E-state index is -0.457. The Morgan fingerprint density at radius 1 is 1.57 bits per heavy atom. The average molecular weight is 196 g/mol. The fourth-order valence-electron chi connectivity index (χ4n) is 1.19. The number of hydrogen-bond acceptors (Lipinski definition) is 4. The molecule has 0 unspecified atom stereocenters. The highest BCUT2D eigenvalue weighted by atomic mass is 16.6. The van der Waals surface area contributed by atoms with Crippen LogP contribution in [0.2, 0.25) is 0 Å². The summed E-state index contributed by atoms with van der Waals surface area (Å²) < 4.78 is 4.89. The lowest BCUT2D eigenvalue weighted by Crippen LogP contribution is -2.08. The van der Waals surface area contributed by atoms with Crippen LogP contribution in [0.4, 0.5) is 5.69 Å². The summed E-state index contributed by atoms with van der Waals surface area (Å²) in [4.78, 5) is 10.2. The van der Waals surface area contributed by atoms with E-state index in [9.17, 15) is 10.1 Å². The maximum Gasteiger partial charge on any atom is 0.277 e. The molecule has 0 saturated carbocycles. The molecule has 0 radical (unpaired) electrons. The first kappa shape index (κ1) is 10.5. The lowest BCUT2D eigenvalue weighted by molar-refractivity contribution is -0.385. The molecule has 0 aliphatic rings. The second kappa shape index (κ2) is 4.06. The van der Waals surface area contributed by atoms with Gasteiger partial charge in [0.2, 0.25) is 0 Å². The third-order valence-electron chi connectivity index (χ3n) is 1.92. The van der Waals surface area contributed by atoms with E-state index in [2.05, 4.69) is 0 Å². The van der Waals surface area contributed by atoms with Gasteiger partial charge in [0.05, 0.1) is 18.1 Å². The van der Waals surface area contributed by atoms with E-state index in [0.717, 1.165) is 0 Å². The molecule has 0 bridgehead atoms. The van der Waals surface area contributed by atoms with Crippen molar-refractivity contribution in [3.8, 4) is 5.75 Å². The summed E-state index contributed by atoms with van der Waals surface area (Å²) in [5, 5.41) is 10.7. The van der Waals surface area contributed by atoms with Gasteiger partial charge in [0.15, 0.2) is 0 Å². The maximum atomic E-state index is 10.7. The van der Waals surface area contributed by atoms with E-state index in [4.69, 9.17) is 10.5 Å². The van der Waals surface area contributed by atoms with Crippen molar-refractivity contribution in [2.24, 2.45) is 5.73 Å². The lowest BCUT2D eigenvalue weighted by atomic mass is 10.1. The Labute approximate surface area is 81.6 Å². The topological polar surface area (TPSA) is 78.4 Å².